The number of likely N-dealkylation sites (tertiary alicyclic amines) is 1. The quantitative estimate of drug-likeness (QED) is 0.699. The lowest BCUT2D eigenvalue weighted by Gasteiger charge is -2.16. The van der Waals surface area contributed by atoms with Gasteiger partial charge in [0.2, 0.25) is 0 Å². The maximum absolute atomic E-state index is 12.7. The molecule has 29 heavy (non-hydrogen) atoms. The predicted octanol–water partition coefficient (Wildman–Crippen LogP) is 3.63. The largest absolute Gasteiger partial charge is 0.343 e. The van der Waals surface area contributed by atoms with E-state index in [0.717, 1.165) is 42.3 Å². The number of nitrogens with one attached hydrogen (secondary N) is 1. The van der Waals surface area contributed by atoms with Crippen LogP contribution in [0.3, 0.4) is 0 Å². The fraction of sp³-hybridized carbons (Fsp3) is 0.304. The number of aromatic nitrogens is 3. The fourth-order valence-corrected chi connectivity index (χ4v) is 3.58. The minimum absolute atomic E-state index is 0.186. The second-order valence-corrected chi connectivity index (χ2v) is 7.38. The van der Waals surface area contributed by atoms with Crippen LogP contribution in [0.1, 0.15) is 47.7 Å². The Morgan fingerprint density at radius 2 is 1.90 bits per heavy atom. The Hall–Kier alpha value is -3.12. The summed E-state index contributed by atoms with van der Waals surface area (Å²) in [6.07, 6.45) is 6.00. The normalized spacial score (nSPS) is 15.2. The summed E-state index contributed by atoms with van der Waals surface area (Å²) in [5.74, 6) is -0.186. The van der Waals surface area contributed by atoms with Crippen molar-refractivity contribution in [2.24, 2.45) is 0 Å². The zero-order valence-electron chi connectivity index (χ0n) is 16.6. The summed E-state index contributed by atoms with van der Waals surface area (Å²) < 4.78 is 0. The maximum atomic E-state index is 12.7. The monoisotopic (exact) mass is 387 g/mol. The van der Waals surface area contributed by atoms with Crippen LogP contribution in [0.15, 0.2) is 60.9 Å². The van der Waals surface area contributed by atoms with Gasteiger partial charge in [0.1, 0.15) is 5.69 Å². The van der Waals surface area contributed by atoms with Gasteiger partial charge in [0.05, 0.1) is 23.1 Å². The van der Waals surface area contributed by atoms with E-state index < -0.39 is 0 Å². The van der Waals surface area contributed by atoms with Gasteiger partial charge in [-0.2, -0.15) is 0 Å². The molecule has 0 bridgehead atoms. The predicted molar refractivity (Wildman–Crippen MR) is 112 cm³/mol. The molecule has 0 spiro atoms. The van der Waals surface area contributed by atoms with Crippen LogP contribution in [0, 0.1) is 0 Å². The van der Waals surface area contributed by atoms with Gasteiger partial charge in [0.25, 0.3) is 5.91 Å². The van der Waals surface area contributed by atoms with Crippen LogP contribution in [-0.2, 0) is 6.54 Å². The van der Waals surface area contributed by atoms with E-state index in [1.807, 2.05) is 49.4 Å². The van der Waals surface area contributed by atoms with Crippen LogP contribution < -0.4 is 5.32 Å². The molecule has 1 fully saturated rings. The summed E-state index contributed by atoms with van der Waals surface area (Å²) in [7, 11) is 0. The highest BCUT2D eigenvalue weighted by atomic mass is 16.1. The highest BCUT2D eigenvalue weighted by molar-refractivity contribution is 5.92. The van der Waals surface area contributed by atoms with Gasteiger partial charge in [-0.15, -0.1) is 0 Å². The molecule has 1 atom stereocenters. The Labute approximate surface area is 171 Å². The van der Waals surface area contributed by atoms with Gasteiger partial charge in [0.15, 0.2) is 0 Å². The first-order valence-corrected chi connectivity index (χ1v) is 10.1. The minimum atomic E-state index is -0.233. The summed E-state index contributed by atoms with van der Waals surface area (Å²) in [6.45, 7) is 4.94. The third-order valence-electron chi connectivity index (χ3n) is 5.14. The number of pyridine rings is 3. The van der Waals surface area contributed by atoms with Crippen molar-refractivity contribution in [2.45, 2.75) is 32.4 Å². The van der Waals surface area contributed by atoms with E-state index in [1.54, 1.807) is 18.5 Å². The van der Waals surface area contributed by atoms with Crippen LogP contribution >= 0.6 is 0 Å². The topological polar surface area (TPSA) is 71.0 Å². The van der Waals surface area contributed by atoms with E-state index in [1.165, 1.54) is 12.8 Å². The molecule has 0 radical (unpaired) electrons. The van der Waals surface area contributed by atoms with Crippen molar-refractivity contribution in [3.05, 3.63) is 78.0 Å². The van der Waals surface area contributed by atoms with E-state index in [4.69, 9.17) is 4.98 Å². The maximum Gasteiger partial charge on any atom is 0.270 e. The van der Waals surface area contributed by atoms with Crippen LogP contribution in [0.25, 0.3) is 11.3 Å². The molecule has 1 N–H and O–H groups in total. The lowest BCUT2D eigenvalue weighted by molar-refractivity contribution is 0.0933. The molecule has 1 saturated heterocycles. The summed E-state index contributed by atoms with van der Waals surface area (Å²) in [6, 6.07) is 15.1. The van der Waals surface area contributed by atoms with Gasteiger partial charge >= 0.3 is 0 Å². The molecule has 1 aliphatic heterocycles. The second-order valence-electron chi connectivity index (χ2n) is 7.38. The highest BCUT2D eigenvalue weighted by Gasteiger charge is 2.16. The van der Waals surface area contributed by atoms with E-state index >= 15 is 0 Å². The first-order valence-electron chi connectivity index (χ1n) is 10.1. The van der Waals surface area contributed by atoms with Crippen molar-refractivity contribution < 1.29 is 4.79 Å². The lowest BCUT2D eigenvalue weighted by atomic mass is 10.1. The zero-order valence-corrected chi connectivity index (χ0v) is 16.6. The van der Waals surface area contributed by atoms with Crippen molar-refractivity contribution in [2.75, 3.05) is 13.1 Å². The number of carbonyl (C=O) groups excluding carboxylic acids is 1. The van der Waals surface area contributed by atoms with Crippen molar-refractivity contribution in [1.29, 1.82) is 0 Å². The molecule has 1 unspecified atom stereocenters. The van der Waals surface area contributed by atoms with Gasteiger partial charge in [-0.1, -0.05) is 12.1 Å². The molecule has 3 aromatic heterocycles. The van der Waals surface area contributed by atoms with Gasteiger partial charge in [-0.3, -0.25) is 19.7 Å². The van der Waals surface area contributed by atoms with Crippen molar-refractivity contribution in [3.8, 4) is 11.3 Å². The van der Waals surface area contributed by atoms with Crippen LogP contribution in [0.4, 0.5) is 0 Å². The summed E-state index contributed by atoms with van der Waals surface area (Å²) >= 11 is 0. The molecule has 6 heteroatoms. The zero-order chi connectivity index (χ0) is 20.1. The molecule has 4 heterocycles. The van der Waals surface area contributed by atoms with Crippen LogP contribution in [0.5, 0.6) is 0 Å². The average molecular weight is 387 g/mol. The van der Waals surface area contributed by atoms with Crippen LogP contribution in [-0.4, -0.2) is 38.8 Å². The summed E-state index contributed by atoms with van der Waals surface area (Å²) in [4.78, 5) is 28.5. The summed E-state index contributed by atoms with van der Waals surface area (Å²) in [5.41, 5.74) is 3.96. The third-order valence-corrected chi connectivity index (χ3v) is 5.14. The number of amides is 1. The van der Waals surface area contributed by atoms with Crippen LogP contribution in [0.2, 0.25) is 0 Å². The number of nitrogens with zero attached hydrogens (tertiary/aromatic N) is 4. The average Bonchev–Trinajstić information content (AvgIpc) is 3.27. The standard InChI is InChI=1S/C23H25N5O/c1-17(20-9-5-10-21(27-20)18-7-6-12-24-15-18)25-23(29)22-11-4-8-19(26-22)16-28-13-2-3-14-28/h4-12,15,17H,2-3,13-14,16H2,1H3,(H,25,29). The van der Waals surface area contributed by atoms with E-state index in [2.05, 4.69) is 20.2 Å². The fourth-order valence-electron chi connectivity index (χ4n) is 3.58. The molecule has 0 aliphatic carbocycles. The minimum Gasteiger partial charge on any atom is -0.343 e. The van der Waals surface area contributed by atoms with Gasteiger partial charge in [0, 0.05) is 24.5 Å². The third kappa shape index (κ3) is 4.84. The molecule has 148 valence electrons. The number of rotatable bonds is 6. The van der Waals surface area contributed by atoms with Crippen molar-refractivity contribution in [3.63, 3.8) is 0 Å². The highest BCUT2D eigenvalue weighted by Crippen LogP contribution is 2.19. The lowest BCUT2D eigenvalue weighted by Crippen LogP contribution is -2.28. The Morgan fingerprint density at radius 1 is 1.07 bits per heavy atom. The first-order chi connectivity index (χ1) is 14.2. The molecule has 1 amide bonds. The van der Waals surface area contributed by atoms with E-state index in [9.17, 15) is 4.79 Å². The second kappa shape index (κ2) is 8.92. The van der Waals surface area contributed by atoms with Crippen molar-refractivity contribution in [1.82, 2.24) is 25.2 Å². The van der Waals surface area contributed by atoms with Gasteiger partial charge < -0.3 is 5.32 Å². The number of hydrogen-bond donors (Lipinski definition) is 1. The molecular formula is C23H25N5O. The Kier molecular flexibility index (Phi) is 5.91. The molecule has 0 saturated carbocycles. The molecule has 1 aliphatic rings. The molecule has 6 nitrogen and oxygen atoms in total. The Bertz CT molecular complexity index is 970. The summed E-state index contributed by atoms with van der Waals surface area (Å²) in [5, 5.41) is 3.02. The number of carbonyl (C=O) groups is 1. The molecule has 0 aromatic carbocycles. The molecule has 4 rings (SSSR count). The van der Waals surface area contributed by atoms with E-state index in [0.29, 0.717) is 5.69 Å². The Morgan fingerprint density at radius 3 is 2.69 bits per heavy atom. The number of hydrogen-bond acceptors (Lipinski definition) is 5. The molecular weight excluding hydrogens is 362 g/mol. The van der Waals surface area contributed by atoms with Gasteiger partial charge in [-0.25, -0.2) is 4.98 Å². The smallest absolute Gasteiger partial charge is 0.270 e. The van der Waals surface area contributed by atoms with E-state index in [-0.39, 0.29) is 11.9 Å². The molecule has 3 aromatic rings. The SMILES string of the molecule is CC(NC(=O)c1cccc(CN2CCCC2)n1)c1cccc(-c2cccnc2)n1. The Balaban J connectivity index is 1.44. The van der Waals surface area contributed by atoms with Gasteiger partial charge in [-0.05, 0) is 69.3 Å². The van der Waals surface area contributed by atoms with Crippen molar-refractivity contribution >= 4 is 5.91 Å². The first kappa shape index (κ1) is 19.2.